The highest BCUT2D eigenvalue weighted by Gasteiger charge is 2.12. The van der Waals surface area contributed by atoms with E-state index < -0.39 is 5.82 Å². The second-order valence-electron chi connectivity index (χ2n) is 4.56. The molecule has 0 saturated carbocycles. The smallest absolute Gasteiger partial charge is 0.201 e. The SMILES string of the molecule is CCCOCCCn1c(N)nc2cc(F)c(OC)cc21. The maximum Gasteiger partial charge on any atom is 0.201 e. The molecular formula is C14H20FN3O2. The van der Waals surface area contributed by atoms with Crippen LogP contribution in [0.5, 0.6) is 5.75 Å². The summed E-state index contributed by atoms with van der Waals surface area (Å²) in [7, 11) is 1.44. The van der Waals surface area contributed by atoms with Crippen LogP contribution in [0, 0.1) is 5.82 Å². The van der Waals surface area contributed by atoms with Crippen LogP contribution >= 0.6 is 0 Å². The second-order valence-corrected chi connectivity index (χ2v) is 4.56. The van der Waals surface area contributed by atoms with Gasteiger partial charge in [-0.3, -0.25) is 0 Å². The first kappa shape index (κ1) is 14.6. The van der Waals surface area contributed by atoms with Gasteiger partial charge in [0, 0.05) is 31.9 Å². The van der Waals surface area contributed by atoms with E-state index in [0.717, 1.165) is 25.0 Å². The number of hydrogen-bond acceptors (Lipinski definition) is 4. The van der Waals surface area contributed by atoms with Crippen molar-refractivity contribution in [3.8, 4) is 5.75 Å². The quantitative estimate of drug-likeness (QED) is 0.792. The number of fused-ring (bicyclic) bond motifs is 1. The lowest BCUT2D eigenvalue weighted by Crippen LogP contribution is -2.06. The number of ether oxygens (including phenoxy) is 2. The molecule has 0 spiro atoms. The van der Waals surface area contributed by atoms with Gasteiger partial charge in [0.2, 0.25) is 5.95 Å². The largest absolute Gasteiger partial charge is 0.494 e. The van der Waals surface area contributed by atoms with Crippen LogP contribution in [0.25, 0.3) is 11.0 Å². The van der Waals surface area contributed by atoms with E-state index in [0.29, 0.717) is 24.6 Å². The summed E-state index contributed by atoms with van der Waals surface area (Å²) in [5.74, 6) is 0.139. The van der Waals surface area contributed by atoms with Gasteiger partial charge < -0.3 is 19.8 Å². The Kier molecular flexibility index (Phi) is 4.79. The molecule has 2 rings (SSSR count). The zero-order valence-corrected chi connectivity index (χ0v) is 11.9. The van der Waals surface area contributed by atoms with Gasteiger partial charge in [0.25, 0.3) is 0 Å². The Morgan fingerprint density at radius 2 is 2.15 bits per heavy atom. The Labute approximate surface area is 117 Å². The third kappa shape index (κ3) is 3.01. The number of aromatic nitrogens is 2. The summed E-state index contributed by atoms with van der Waals surface area (Å²) in [5, 5.41) is 0. The molecule has 0 saturated heterocycles. The lowest BCUT2D eigenvalue weighted by Gasteiger charge is -2.08. The number of imidazole rings is 1. The van der Waals surface area contributed by atoms with E-state index in [9.17, 15) is 4.39 Å². The standard InChI is InChI=1S/C14H20FN3O2/c1-3-6-20-7-4-5-18-12-9-13(19-2)10(15)8-11(12)17-14(18)16/h8-9H,3-7H2,1-2H3,(H2,16,17). The van der Waals surface area contributed by atoms with Gasteiger partial charge in [-0.25, -0.2) is 9.37 Å². The number of methoxy groups -OCH3 is 1. The average Bonchev–Trinajstić information content (AvgIpc) is 2.72. The van der Waals surface area contributed by atoms with Crippen molar-refractivity contribution in [2.45, 2.75) is 26.3 Å². The van der Waals surface area contributed by atoms with E-state index in [1.807, 2.05) is 4.57 Å². The molecule has 6 heteroatoms. The molecule has 1 aromatic heterocycles. The molecule has 0 aliphatic heterocycles. The molecular weight excluding hydrogens is 261 g/mol. The number of halogens is 1. The molecule has 2 aromatic rings. The van der Waals surface area contributed by atoms with Crippen LogP contribution in [-0.4, -0.2) is 29.9 Å². The molecule has 0 aliphatic carbocycles. The molecule has 1 heterocycles. The predicted octanol–water partition coefficient (Wildman–Crippen LogP) is 2.58. The van der Waals surface area contributed by atoms with Crippen molar-refractivity contribution < 1.29 is 13.9 Å². The molecule has 0 aliphatic rings. The van der Waals surface area contributed by atoms with Crippen molar-refractivity contribution in [1.29, 1.82) is 0 Å². The summed E-state index contributed by atoms with van der Waals surface area (Å²) in [5.41, 5.74) is 7.20. The lowest BCUT2D eigenvalue weighted by atomic mass is 10.2. The summed E-state index contributed by atoms with van der Waals surface area (Å²) in [6.45, 7) is 4.19. The van der Waals surface area contributed by atoms with Crippen molar-refractivity contribution in [1.82, 2.24) is 9.55 Å². The fourth-order valence-corrected chi connectivity index (χ4v) is 2.11. The van der Waals surface area contributed by atoms with E-state index in [1.165, 1.54) is 13.2 Å². The van der Waals surface area contributed by atoms with Crippen molar-refractivity contribution in [3.63, 3.8) is 0 Å². The molecule has 0 amide bonds. The fourth-order valence-electron chi connectivity index (χ4n) is 2.11. The van der Waals surface area contributed by atoms with E-state index in [2.05, 4.69) is 11.9 Å². The van der Waals surface area contributed by atoms with Gasteiger partial charge in [-0.05, 0) is 12.8 Å². The molecule has 5 nitrogen and oxygen atoms in total. The Morgan fingerprint density at radius 3 is 2.85 bits per heavy atom. The molecule has 110 valence electrons. The highest BCUT2D eigenvalue weighted by molar-refractivity contribution is 5.80. The number of benzene rings is 1. The number of aryl methyl sites for hydroxylation is 1. The summed E-state index contributed by atoms with van der Waals surface area (Å²) < 4.78 is 25.9. The van der Waals surface area contributed by atoms with Crippen LogP contribution in [0.4, 0.5) is 10.3 Å². The molecule has 1 aromatic carbocycles. The first-order valence-electron chi connectivity index (χ1n) is 6.74. The molecule has 0 fully saturated rings. The number of anilines is 1. The van der Waals surface area contributed by atoms with Crippen LogP contribution in [0.1, 0.15) is 19.8 Å². The summed E-state index contributed by atoms with van der Waals surface area (Å²) in [6, 6.07) is 2.97. The van der Waals surface area contributed by atoms with Gasteiger partial charge in [-0.15, -0.1) is 0 Å². The minimum Gasteiger partial charge on any atom is -0.494 e. The number of nitrogens with zero attached hydrogens (tertiary/aromatic N) is 2. The van der Waals surface area contributed by atoms with Crippen molar-refractivity contribution in [2.24, 2.45) is 0 Å². The Balaban J connectivity index is 2.17. The van der Waals surface area contributed by atoms with Crippen LogP contribution in [0.2, 0.25) is 0 Å². The second kappa shape index (κ2) is 6.56. The van der Waals surface area contributed by atoms with Gasteiger partial charge in [0.1, 0.15) is 0 Å². The Hall–Kier alpha value is -1.82. The van der Waals surface area contributed by atoms with E-state index >= 15 is 0 Å². The number of rotatable bonds is 7. The van der Waals surface area contributed by atoms with Gasteiger partial charge in [-0.1, -0.05) is 6.92 Å². The minimum atomic E-state index is -0.434. The third-order valence-corrected chi connectivity index (χ3v) is 3.07. The molecule has 0 atom stereocenters. The van der Waals surface area contributed by atoms with Gasteiger partial charge in [0.15, 0.2) is 11.6 Å². The Bertz CT molecular complexity index is 583. The van der Waals surface area contributed by atoms with Gasteiger partial charge >= 0.3 is 0 Å². The molecule has 2 N–H and O–H groups in total. The first-order chi connectivity index (χ1) is 9.67. The zero-order chi connectivity index (χ0) is 14.5. The van der Waals surface area contributed by atoms with Gasteiger partial charge in [-0.2, -0.15) is 0 Å². The first-order valence-corrected chi connectivity index (χ1v) is 6.74. The Morgan fingerprint density at radius 1 is 1.35 bits per heavy atom. The molecule has 20 heavy (non-hydrogen) atoms. The lowest BCUT2D eigenvalue weighted by molar-refractivity contribution is 0.129. The molecule has 0 radical (unpaired) electrons. The summed E-state index contributed by atoms with van der Waals surface area (Å²) in [4.78, 5) is 4.17. The average molecular weight is 281 g/mol. The topological polar surface area (TPSA) is 62.3 Å². The summed E-state index contributed by atoms with van der Waals surface area (Å²) >= 11 is 0. The number of nitrogen functional groups attached to an aromatic ring is 1. The van der Waals surface area contributed by atoms with Crippen LogP contribution < -0.4 is 10.5 Å². The number of hydrogen-bond donors (Lipinski definition) is 1. The molecule has 0 unspecified atom stereocenters. The van der Waals surface area contributed by atoms with Crippen LogP contribution in [-0.2, 0) is 11.3 Å². The van der Waals surface area contributed by atoms with E-state index in [4.69, 9.17) is 15.2 Å². The minimum absolute atomic E-state index is 0.195. The van der Waals surface area contributed by atoms with Gasteiger partial charge in [0.05, 0.1) is 18.1 Å². The van der Waals surface area contributed by atoms with Crippen LogP contribution in [0.15, 0.2) is 12.1 Å². The normalized spacial score (nSPS) is 11.2. The maximum atomic E-state index is 13.6. The third-order valence-electron chi connectivity index (χ3n) is 3.07. The zero-order valence-electron chi connectivity index (χ0n) is 11.9. The van der Waals surface area contributed by atoms with Crippen LogP contribution in [0.3, 0.4) is 0 Å². The van der Waals surface area contributed by atoms with Crippen molar-refractivity contribution in [3.05, 3.63) is 17.9 Å². The number of nitrogens with two attached hydrogens (primary N) is 1. The predicted molar refractivity (Wildman–Crippen MR) is 76.4 cm³/mol. The maximum absolute atomic E-state index is 13.6. The van der Waals surface area contributed by atoms with E-state index in [1.54, 1.807) is 6.07 Å². The highest BCUT2D eigenvalue weighted by atomic mass is 19.1. The summed E-state index contributed by atoms with van der Waals surface area (Å²) in [6.07, 6.45) is 1.84. The van der Waals surface area contributed by atoms with E-state index in [-0.39, 0.29) is 5.75 Å². The molecule has 0 bridgehead atoms. The highest BCUT2D eigenvalue weighted by Crippen LogP contribution is 2.26. The monoisotopic (exact) mass is 281 g/mol. The van der Waals surface area contributed by atoms with Crippen molar-refractivity contribution >= 4 is 17.0 Å². The fraction of sp³-hybridized carbons (Fsp3) is 0.500. The van der Waals surface area contributed by atoms with Crippen molar-refractivity contribution in [2.75, 3.05) is 26.1 Å².